The van der Waals surface area contributed by atoms with Crippen molar-refractivity contribution >= 4 is 29.9 Å². The molecule has 0 aliphatic carbocycles. The summed E-state index contributed by atoms with van der Waals surface area (Å²) < 4.78 is 20.6. The number of aliphatic imine (C=N–C) groups is 1. The number of pyridine rings is 1. The van der Waals surface area contributed by atoms with Crippen LogP contribution in [0.25, 0.3) is 0 Å². The molecule has 2 heterocycles. The highest BCUT2D eigenvalue weighted by Crippen LogP contribution is 2.19. The van der Waals surface area contributed by atoms with Crippen LogP contribution >= 0.6 is 24.0 Å². The molecule has 10 heteroatoms. The predicted octanol–water partition coefficient (Wildman–Crippen LogP) is 3.54. The van der Waals surface area contributed by atoms with Crippen LogP contribution in [0.1, 0.15) is 25.2 Å². The predicted molar refractivity (Wildman–Crippen MR) is 128 cm³/mol. The van der Waals surface area contributed by atoms with Crippen LogP contribution in [0.3, 0.4) is 0 Å². The smallest absolute Gasteiger partial charge is 0.219 e. The number of guanidine groups is 1. The fraction of sp³-hybridized carbons (Fsp3) is 0.333. The lowest BCUT2D eigenvalue weighted by atomic mass is 10.3. The third-order valence-electron chi connectivity index (χ3n) is 4.25. The summed E-state index contributed by atoms with van der Waals surface area (Å²) in [5, 5.41) is 14.6. The highest BCUT2D eigenvalue weighted by molar-refractivity contribution is 14.0. The van der Waals surface area contributed by atoms with E-state index in [1.807, 2.05) is 17.6 Å². The molecule has 0 amide bonds. The Hall–Kier alpha value is -2.76. The lowest BCUT2D eigenvalue weighted by Gasteiger charge is -2.12. The van der Waals surface area contributed by atoms with Crippen molar-refractivity contribution in [2.45, 2.75) is 33.4 Å². The van der Waals surface area contributed by atoms with Crippen LogP contribution in [0, 0.1) is 5.82 Å². The zero-order valence-corrected chi connectivity index (χ0v) is 19.9. The van der Waals surface area contributed by atoms with Crippen LogP contribution in [0.5, 0.6) is 11.6 Å². The maximum atomic E-state index is 13.0. The van der Waals surface area contributed by atoms with Gasteiger partial charge in [-0.15, -0.1) is 34.2 Å². The molecule has 0 aliphatic heterocycles. The molecule has 2 N–H and O–H groups in total. The molecule has 0 unspecified atom stereocenters. The van der Waals surface area contributed by atoms with Crippen LogP contribution in [0.2, 0.25) is 0 Å². The summed E-state index contributed by atoms with van der Waals surface area (Å²) in [5.74, 6) is 2.37. The molecule has 0 bridgehead atoms. The van der Waals surface area contributed by atoms with Gasteiger partial charge in [0.05, 0.1) is 6.54 Å². The average Bonchev–Trinajstić information content (AvgIpc) is 3.22. The van der Waals surface area contributed by atoms with Crippen molar-refractivity contribution in [2.24, 2.45) is 4.99 Å². The number of aromatic nitrogens is 4. The lowest BCUT2D eigenvalue weighted by Crippen LogP contribution is -2.38. The van der Waals surface area contributed by atoms with E-state index < -0.39 is 0 Å². The highest BCUT2D eigenvalue weighted by Gasteiger charge is 2.03. The van der Waals surface area contributed by atoms with E-state index in [0.29, 0.717) is 24.7 Å². The quantitative estimate of drug-likeness (QED) is 0.246. The fourth-order valence-corrected chi connectivity index (χ4v) is 2.73. The number of halogens is 2. The van der Waals surface area contributed by atoms with E-state index in [2.05, 4.69) is 37.7 Å². The number of aryl methyl sites for hydroxylation is 1. The van der Waals surface area contributed by atoms with Crippen LogP contribution in [0.15, 0.2) is 53.9 Å². The number of ether oxygens (including phenoxy) is 1. The van der Waals surface area contributed by atoms with Crippen molar-refractivity contribution in [3.05, 3.63) is 66.1 Å². The summed E-state index contributed by atoms with van der Waals surface area (Å²) in [7, 11) is 0. The van der Waals surface area contributed by atoms with Gasteiger partial charge in [0, 0.05) is 38.3 Å². The van der Waals surface area contributed by atoms with Gasteiger partial charge in [0.25, 0.3) is 0 Å². The molecule has 3 aromatic rings. The minimum atomic E-state index is -0.305. The van der Waals surface area contributed by atoms with Gasteiger partial charge in [0.15, 0.2) is 5.96 Å². The van der Waals surface area contributed by atoms with E-state index in [-0.39, 0.29) is 29.8 Å². The van der Waals surface area contributed by atoms with E-state index in [4.69, 9.17) is 4.74 Å². The standard InChI is InChI=1S/C21H26FN7O.HI/c1-3-19-28-27-15-29(19)12-11-24-21(23-4-2)26-14-16-5-10-20(25-13-16)30-18-8-6-17(22)7-9-18;/h5-10,13,15H,3-4,11-12,14H2,1-2H3,(H2,23,24,26);1H. The van der Waals surface area contributed by atoms with Gasteiger partial charge < -0.3 is 19.9 Å². The topological polar surface area (TPSA) is 89.3 Å². The summed E-state index contributed by atoms with van der Waals surface area (Å²) in [6.07, 6.45) is 4.31. The Bertz CT molecular complexity index is 945. The summed E-state index contributed by atoms with van der Waals surface area (Å²) in [4.78, 5) is 8.89. The first-order chi connectivity index (χ1) is 14.7. The van der Waals surface area contributed by atoms with Gasteiger partial charge in [0.1, 0.15) is 23.7 Å². The van der Waals surface area contributed by atoms with Crippen molar-refractivity contribution in [1.29, 1.82) is 0 Å². The molecule has 3 rings (SSSR count). The van der Waals surface area contributed by atoms with Crippen LogP contribution < -0.4 is 15.4 Å². The number of nitrogens with zero attached hydrogens (tertiary/aromatic N) is 5. The molecule has 31 heavy (non-hydrogen) atoms. The fourth-order valence-electron chi connectivity index (χ4n) is 2.73. The normalized spacial score (nSPS) is 11.0. The molecule has 0 saturated carbocycles. The van der Waals surface area contributed by atoms with Crippen LogP contribution in [0.4, 0.5) is 4.39 Å². The first-order valence-corrected chi connectivity index (χ1v) is 9.95. The van der Waals surface area contributed by atoms with Crippen molar-refractivity contribution in [3.8, 4) is 11.6 Å². The maximum Gasteiger partial charge on any atom is 0.219 e. The summed E-state index contributed by atoms with van der Waals surface area (Å²) in [6.45, 7) is 6.79. The van der Waals surface area contributed by atoms with Gasteiger partial charge in [-0.1, -0.05) is 13.0 Å². The van der Waals surface area contributed by atoms with Crippen molar-refractivity contribution in [3.63, 3.8) is 0 Å². The molecule has 0 fully saturated rings. The first-order valence-electron chi connectivity index (χ1n) is 9.95. The first kappa shape index (κ1) is 24.5. The molecular weight excluding hydrogens is 512 g/mol. The van der Waals surface area contributed by atoms with E-state index in [9.17, 15) is 4.39 Å². The summed E-state index contributed by atoms with van der Waals surface area (Å²) in [6, 6.07) is 9.50. The van der Waals surface area contributed by atoms with Crippen molar-refractivity contribution in [1.82, 2.24) is 30.4 Å². The average molecular weight is 539 g/mol. The van der Waals surface area contributed by atoms with Crippen LogP contribution in [-0.2, 0) is 19.5 Å². The number of benzene rings is 1. The molecule has 0 saturated heterocycles. The molecule has 1 aromatic carbocycles. The van der Waals surface area contributed by atoms with Gasteiger partial charge in [-0.3, -0.25) is 0 Å². The minimum absolute atomic E-state index is 0. The van der Waals surface area contributed by atoms with Gasteiger partial charge in [-0.05, 0) is 36.8 Å². The molecule has 0 aliphatic rings. The molecule has 0 atom stereocenters. The van der Waals surface area contributed by atoms with E-state index in [1.165, 1.54) is 12.1 Å². The third kappa shape index (κ3) is 7.78. The Balaban J connectivity index is 0.00000341. The van der Waals surface area contributed by atoms with Gasteiger partial charge in [0.2, 0.25) is 5.88 Å². The minimum Gasteiger partial charge on any atom is -0.439 e. The number of nitrogens with one attached hydrogen (secondary N) is 2. The second kappa shape index (κ2) is 12.8. The van der Waals surface area contributed by atoms with E-state index in [1.54, 1.807) is 30.7 Å². The van der Waals surface area contributed by atoms with Crippen molar-refractivity contribution in [2.75, 3.05) is 13.1 Å². The largest absolute Gasteiger partial charge is 0.439 e. The summed E-state index contributed by atoms with van der Waals surface area (Å²) in [5.41, 5.74) is 0.950. The van der Waals surface area contributed by atoms with Crippen LogP contribution in [-0.4, -0.2) is 38.8 Å². The SMILES string of the molecule is CCNC(=NCc1ccc(Oc2ccc(F)cc2)nc1)NCCn1cnnc1CC.I. The number of hydrogen-bond donors (Lipinski definition) is 2. The zero-order valence-electron chi connectivity index (χ0n) is 17.6. The third-order valence-corrected chi connectivity index (χ3v) is 4.25. The summed E-state index contributed by atoms with van der Waals surface area (Å²) >= 11 is 0. The molecule has 8 nitrogen and oxygen atoms in total. The molecule has 0 spiro atoms. The van der Waals surface area contributed by atoms with Gasteiger partial charge in [-0.25, -0.2) is 14.4 Å². The second-order valence-electron chi connectivity index (χ2n) is 6.48. The van der Waals surface area contributed by atoms with Gasteiger partial charge in [-0.2, -0.15) is 0 Å². The molecule has 166 valence electrons. The lowest BCUT2D eigenvalue weighted by molar-refractivity contribution is 0.461. The van der Waals surface area contributed by atoms with Crippen molar-refractivity contribution < 1.29 is 9.13 Å². The Morgan fingerprint density at radius 1 is 1.13 bits per heavy atom. The molecular formula is C21H27FIN7O. The Morgan fingerprint density at radius 3 is 2.61 bits per heavy atom. The highest BCUT2D eigenvalue weighted by atomic mass is 127. The van der Waals surface area contributed by atoms with E-state index in [0.717, 1.165) is 36.9 Å². The Morgan fingerprint density at radius 2 is 1.94 bits per heavy atom. The maximum absolute atomic E-state index is 13.0. The second-order valence-corrected chi connectivity index (χ2v) is 6.48. The monoisotopic (exact) mass is 539 g/mol. The Kier molecular flexibility index (Phi) is 10.1. The zero-order chi connectivity index (χ0) is 21.2. The molecule has 2 aromatic heterocycles. The molecule has 0 radical (unpaired) electrons. The Labute approximate surface area is 198 Å². The number of rotatable bonds is 9. The van der Waals surface area contributed by atoms with E-state index >= 15 is 0 Å². The van der Waals surface area contributed by atoms with Gasteiger partial charge >= 0.3 is 0 Å². The number of hydrogen-bond acceptors (Lipinski definition) is 5.